The Bertz CT molecular complexity index is 1550. The molecule has 9 heteroatoms. The molecule has 4 aromatic heterocycles. The van der Waals surface area contributed by atoms with E-state index in [1.807, 2.05) is 35.9 Å². The Morgan fingerprint density at radius 2 is 1.79 bits per heavy atom. The number of nitrogens with zero attached hydrogens (tertiary/aromatic N) is 6. The van der Waals surface area contributed by atoms with E-state index in [0.717, 1.165) is 52.4 Å². The summed E-state index contributed by atoms with van der Waals surface area (Å²) in [4.78, 5) is 17.8. The van der Waals surface area contributed by atoms with Crippen molar-refractivity contribution in [3.8, 4) is 22.5 Å². The molecule has 8 nitrogen and oxygen atoms in total. The summed E-state index contributed by atoms with van der Waals surface area (Å²) in [5.41, 5.74) is 6.23. The highest BCUT2D eigenvalue weighted by Gasteiger charge is 2.51. The number of halogens is 1. The lowest BCUT2D eigenvalue weighted by molar-refractivity contribution is -0.0638. The van der Waals surface area contributed by atoms with Gasteiger partial charge in [0, 0.05) is 29.6 Å². The first kappa shape index (κ1) is 23.8. The Balaban J connectivity index is 1.29. The van der Waals surface area contributed by atoms with Gasteiger partial charge < -0.3 is 4.74 Å². The molecule has 4 bridgehead atoms. The van der Waals surface area contributed by atoms with E-state index < -0.39 is 5.97 Å². The third kappa shape index (κ3) is 3.67. The number of methoxy groups -OCH3 is 1. The quantitative estimate of drug-likeness (QED) is 0.297. The molecule has 0 atom stereocenters. The standard InChI is InChI=1S/C29H31ClN6O2/c1-16-6-23(33-34-26(16)30)24-14-31-27-25(28(37)38-3)21(4-5-35(24)27)22-13-32-36(17(22)2)15-29-10-18-7-19(11-29)9-20(8-18)12-29/h4-6,13-14,18-20H,7-12,15H2,1-3H3. The SMILES string of the molecule is COC(=O)c1c(-c2cnn(CC34CC5CC(CC(C5)C3)C4)c2C)ccn2c(-c3cc(C)c(Cl)nn3)cnc12. The van der Waals surface area contributed by atoms with Crippen LogP contribution in [0, 0.1) is 37.0 Å². The number of carbonyl (C=O) groups is 1. The molecule has 0 aromatic carbocycles. The van der Waals surface area contributed by atoms with Gasteiger partial charge in [-0.1, -0.05) is 11.6 Å². The van der Waals surface area contributed by atoms with Gasteiger partial charge in [-0.2, -0.15) is 5.10 Å². The Hall–Kier alpha value is -3.26. The van der Waals surface area contributed by atoms with E-state index >= 15 is 0 Å². The number of esters is 1. The molecule has 196 valence electrons. The minimum Gasteiger partial charge on any atom is -0.465 e. The van der Waals surface area contributed by atoms with Gasteiger partial charge >= 0.3 is 5.97 Å². The topological polar surface area (TPSA) is 87.2 Å². The monoisotopic (exact) mass is 530 g/mol. The number of carbonyl (C=O) groups excluding carboxylic acids is 1. The number of aromatic nitrogens is 6. The highest BCUT2D eigenvalue weighted by Crippen LogP contribution is 2.60. The molecule has 4 fully saturated rings. The molecule has 38 heavy (non-hydrogen) atoms. The molecule has 0 N–H and O–H groups in total. The first-order chi connectivity index (χ1) is 18.3. The molecule has 0 aliphatic heterocycles. The van der Waals surface area contributed by atoms with E-state index in [9.17, 15) is 4.79 Å². The van der Waals surface area contributed by atoms with Gasteiger partial charge in [0.2, 0.25) is 0 Å². The fourth-order valence-corrected chi connectivity index (χ4v) is 8.13. The molecule has 0 amide bonds. The van der Waals surface area contributed by atoms with Crippen LogP contribution in [-0.4, -0.2) is 42.4 Å². The van der Waals surface area contributed by atoms with Gasteiger partial charge in [0.15, 0.2) is 10.8 Å². The average molecular weight is 531 g/mol. The lowest BCUT2D eigenvalue weighted by Crippen LogP contribution is -2.48. The third-order valence-corrected chi connectivity index (χ3v) is 9.67. The zero-order valence-electron chi connectivity index (χ0n) is 21.9. The minimum absolute atomic E-state index is 0.362. The van der Waals surface area contributed by atoms with E-state index in [2.05, 4.69) is 26.8 Å². The van der Waals surface area contributed by atoms with Gasteiger partial charge in [0.05, 0.1) is 25.2 Å². The molecular formula is C29H31ClN6O2. The van der Waals surface area contributed by atoms with Gasteiger partial charge in [0.25, 0.3) is 0 Å². The summed E-state index contributed by atoms with van der Waals surface area (Å²) >= 11 is 6.09. The van der Waals surface area contributed by atoms with Gasteiger partial charge in [0.1, 0.15) is 11.3 Å². The lowest BCUT2D eigenvalue weighted by atomic mass is 9.49. The van der Waals surface area contributed by atoms with Crippen molar-refractivity contribution in [1.82, 2.24) is 29.4 Å². The summed E-state index contributed by atoms with van der Waals surface area (Å²) in [6.45, 7) is 4.95. The van der Waals surface area contributed by atoms with E-state index in [0.29, 0.717) is 27.5 Å². The van der Waals surface area contributed by atoms with Crippen LogP contribution in [-0.2, 0) is 11.3 Å². The van der Waals surface area contributed by atoms with E-state index in [-0.39, 0.29) is 0 Å². The maximum Gasteiger partial charge on any atom is 0.342 e. The predicted molar refractivity (Wildman–Crippen MR) is 144 cm³/mol. The Labute approximate surface area is 226 Å². The van der Waals surface area contributed by atoms with E-state index in [4.69, 9.17) is 21.4 Å². The van der Waals surface area contributed by atoms with Crippen LogP contribution < -0.4 is 0 Å². The van der Waals surface area contributed by atoms with Crippen molar-refractivity contribution in [2.75, 3.05) is 7.11 Å². The number of fused-ring (bicyclic) bond motifs is 1. The summed E-state index contributed by atoms with van der Waals surface area (Å²) in [7, 11) is 1.40. The molecule has 0 spiro atoms. The molecule has 0 unspecified atom stereocenters. The molecule has 4 saturated carbocycles. The van der Waals surface area contributed by atoms with Crippen molar-refractivity contribution in [3.63, 3.8) is 0 Å². The van der Waals surface area contributed by atoms with Gasteiger partial charge in [-0.15, -0.1) is 10.2 Å². The van der Waals surface area contributed by atoms with Crippen LogP contribution in [0.5, 0.6) is 0 Å². The van der Waals surface area contributed by atoms with E-state index in [1.54, 1.807) is 6.20 Å². The Morgan fingerprint density at radius 1 is 1.08 bits per heavy atom. The highest BCUT2D eigenvalue weighted by molar-refractivity contribution is 6.30. The number of pyridine rings is 1. The third-order valence-electron chi connectivity index (χ3n) is 9.30. The average Bonchev–Trinajstić information content (AvgIpc) is 3.47. The number of rotatable bonds is 5. The second kappa shape index (κ2) is 8.63. The van der Waals surface area contributed by atoms with Crippen LogP contribution in [0.15, 0.2) is 30.7 Å². The zero-order valence-corrected chi connectivity index (χ0v) is 22.7. The zero-order chi connectivity index (χ0) is 26.2. The van der Waals surface area contributed by atoms with Crippen molar-refractivity contribution >= 4 is 23.2 Å². The van der Waals surface area contributed by atoms with Crippen molar-refractivity contribution in [2.45, 2.75) is 58.9 Å². The molecule has 0 radical (unpaired) electrons. The van der Waals surface area contributed by atoms with Crippen LogP contribution >= 0.6 is 11.6 Å². The van der Waals surface area contributed by atoms with Crippen molar-refractivity contribution in [1.29, 1.82) is 0 Å². The lowest BCUT2D eigenvalue weighted by Gasteiger charge is -2.56. The second-order valence-corrected chi connectivity index (χ2v) is 12.2. The van der Waals surface area contributed by atoms with Gasteiger partial charge in [-0.25, -0.2) is 9.78 Å². The van der Waals surface area contributed by atoms with Crippen LogP contribution in [0.2, 0.25) is 5.15 Å². The summed E-state index contributed by atoms with van der Waals surface area (Å²) in [5, 5.41) is 13.5. The number of imidazole rings is 1. The molecular weight excluding hydrogens is 500 g/mol. The summed E-state index contributed by atoms with van der Waals surface area (Å²) < 4.78 is 9.26. The van der Waals surface area contributed by atoms with Crippen LogP contribution in [0.1, 0.15) is 60.1 Å². The van der Waals surface area contributed by atoms with Crippen LogP contribution in [0.4, 0.5) is 0 Å². The minimum atomic E-state index is -0.436. The molecule has 4 aliphatic rings. The molecule has 8 rings (SSSR count). The van der Waals surface area contributed by atoms with Crippen LogP contribution in [0.3, 0.4) is 0 Å². The molecule has 4 aromatic rings. The largest absolute Gasteiger partial charge is 0.465 e. The van der Waals surface area contributed by atoms with E-state index in [1.165, 1.54) is 45.6 Å². The highest BCUT2D eigenvalue weighted by atomic mass is 35.5. The summed E-state index contributed by atoms with van der Waals surface area (Å²) in [5.74, 6) is 2.25. The number of ether oxygens (including phenoxy) is 1. The number of hydrogen-bond acceptors (Lipinski definition) is 6. The van der Waals surface area contributed by atoms with Crippen molar-refractivity contribution in [2.24, 2.45) is 23.2 Å². The van der Waals surface area contributed by atoms with Gasteiger partial charge in [-0.3, -0.25) is 9.08 Å². The fourth-order valence-electron chi connectivity index (χ4n) is 8.03. The van der Waals surface area contributed by atoms with Gasteiger partial charge in [-0.05, 0) is 93.2 Å². The van der Waals surface area contributed by atoms with Crippen molar-refractivity contribution < 1.29 is 9.53 Å². The Kier molecular flexibility index (Phi) is 5.41. The maximum absolute atomic E-state index is 13.1. The Morgan fingerprint density at radius 3 is 2.45 bits per heavy atom. The second-order valence-electron chi connectivity index (χ2n) is 11.9. The molecule has 0 saturated heterocycles. The normalized spacial score (nSPS) is 25.8. The number of hydrogen-bond donors (Lipinski definition) is 0. The summed E-state index contributed by atoms with van der Waals surface area (Å²) in [6.07, 6.45) is 13.8. The van der Waals surface area contributed by atoms with Crippen LogP contribution in [0.25, 0.3) is 28.2 Å². The number of aryl methyl sites for hydroxylation is 1. The predicted octanol–water partition coefficient (Wildman–Crippen LogP) is 5.93. The smallest absolute Gasteiger partial charge is 0.342 e. The fraction of sp³-hybridized carbons (Fsp3) is 0.483. The molecule has 4 heterocycles. The van der Waals surface area contributed by atoms with Crippen molar-refractivity contribution in [3.05, 3.63) is 52.7 Å². The first-order valence-corrected chi connectivity index (χ1v) is 13.8. The first-order valence-electron chi connectivity index (χ1n) is 13.5. The maximum atomic E-state index is 13.1. The summed E-state index contributed by atoms with van der Waals surface area (Å²) in [6, 6.07) is 3.81. The molecule has 4 aliphatic carbocycles.